The van der Waals surface area contributed by atoms with E-state index in [9.17, 15) is 4.79 Å². The van der Waals surface area contributed by atoms with Crippen LogP contribution in [0, 0.1) is 13.8 Å². The Bertz CT molecular complexity index is 833. The van der Waals surface area contributed by atoms with Gasteiger partial charge in [0.2, 0.25) is 0 Å². The molecule has 2 aromatic heterocycles. The van der Waals surface area contributed by atoms with Gasteiger partial charge < -0.3 is 9.09 Å². The van der Waals surface area contributed by atoms with Gasteiger partial charge in [-0.2, -0.15) is 4.98 Å². The van der Waals surface area contributed by atoms with Crippen LogP contribution < -0.4 is 5.56 Å². The smallest absolute Gasteiger partial charge is 0.263 e. The quantitative estimate of drug-likeness (QED) is 0.740. The van der Waals surface area contributed by atoms with Gasteiger partial charge in [0, 0.05) is 6.20 Å². The van der Waals surface area contributed by atoms with Crippen LogP contribution in [0.1, 0.15) is 17.0 Å². The van der Waals surface area contributed by atoms with Gasteiger partial charge in [-0.1, -0.05) is 35.0 Å². The van der Waals surface area contributed by atoms with Crippen molar-refractivity contribution in [1.29, 1.82) is 0 Å². The minimum Gasteiger partial charge on any atom is -0.334 e. The van der Waals surface area contributed by atoms with Crippen LogP contribution in [0.3, 0.4) is 0 Å². The molecule has 0 aliphatic carbocycles. The van der Waals surface area contributed by atoms with Gasteiger partial charge in [0.1, 0.15) is 5.56 Å². The summed E-state index contributed by atoms with van der Waals surface area (Å²) >= 11 is 0. The van der Waals surface area contributed by atoms with Gasteiger partial charge in [-0.15, -0.1) is 0 Å². The molecule has 21 heavy (non-hydrogen) atoms. The maximum atomic E-state index is 12.5. The molecule has 0 fully saturated rings. The molecule has 0 unspecified atom stereocenters. The van der Waals surface area contributed by atoms with Crippen molar-refractivity contribution in [2.24, 2.45) is 0 Å². The number of pyridine rings is 1. The minimum atomic E-state index is -0.136. The molecule has 0 saturated carbocycles. The van der Waals surface area contributed by atoms with Gasteiger partial charge in [0.25, 0.3) is 11.4 Å². The number of aryl methyl sites for hydroxylation is 2. The highest BCUT2D eigenvalue weighted by Crippen LogP contribution is 2.12. The van der Waals surface area contributed by atoms with Crippen LogP contribution in [0.4, 0.5) is 0 Å². The van der Waals surface area contributed by atoms with Crippen LogP contribution in [-0.2, 0) is 6.54 Å². The standard InChI is InChI=1S/C16H15N3O2/c1-11-5-3-6-13(9-11)10-19-8-4-7-14(16(19)20)15-17-12(2)18-21-15/h3-9H,10H2,1-2H3. The lowest BCUT2D eigenvalue weighted by molar-refractivity contribution is 0.425. The Hall–Kier alpha value is -2.69. The summed E-state index contributed by atoms with van der Waals surface area (Å²) in [6, 6.07) is 11.6. The van der Waals surface area contributed by atoms with Crippen molar-refractivity contribution in [1.82, 2.24) is 14.7 Å². The van der Waals surface area contributed by atoms with Crippen molar-refractivity contribution in [3.63, 3.8) is 0 Å². The van der Waals surface area contributed by atoms with Gasteiger partial charge in [-0.05, 0) is 31.5 Å². The van der Waals surface area contributed by atoms with Gasteiger partial charge in [0.05, 0.1) is 6.54 Å². The third kappa shape index (κ3) is 2.76. The van der Waals surface area contributed by atoms with E-state index < -0.39 is 0 Å². The number of nitrogens with zero attached hydrogens (tertiary/aromatic N) is 3. The number of benzene rings is 1. The fourth-order valence-electron chi connectivity index (χ4n) is 2.24. The van der Waals surface area contributed by atoms with Gasteiger partial charge in [0.15, 0.2) is 5.82 Å². The predicted molar refractivity (Wildman–Crippen MR) is 79.0 cm³/mol. The highest BCUT2D eigenvalue weighted by atomic mass is 16.5. The molecule has 0 aliphatic heterocycles. The molecule has 106 valence electrons. The Kier molecular flexibility index (Phi) is 3.39. The molecule has 0 aliphatic rings. The Morgan fingerprint density at radius 1 is 1.19 bits per heavy atom. The Balaban J connectivity index is 1.99. The third-order valence-electron chi connectivity index (χ3n) is 3.21. The molecular formula is C16H15N3O2. The zero-order valence-electron chi connectivity index (χ0n) is 11.9. The van der Waals surface area contributed by atoms with Crippen LogP contribution in [0.2, 0.25) is 0 Å². The van der Waals surface area contributed by atoms with E-state index in [2.05, 4.69) is 16.2 Å². The monoisotopic (exact) mass is 281 g/mol. The van der Waals surface area contributed by atoms with Crippen LogP contribution in [-0.4, -0.2) is 14.7 Å². The van der Waals surface area contributed by atoms with Crippen LogP contribution in [0.15, 0.2) is 51.9 Å². The van der Waals surface area contributed by atoms with E-state index in [0.717, 1.165) is 5.56 Å². The summed E-state index contributed by atoms with van der Waals surface area (Å²) < 4.78 is 6.72. The topological polar surface area (TPSA) is 60.9 Å². The molecule has 2 heterocycles. The summed E-state index contributed by atoms with van der Waals surface area (Å²) in [5, 5.41) is 3.73. The van der Waals surface area contributed by atoms with Crippen LogP contribution >= 0.6 is 0 Å². The van der Waals surface area contributed by atoms with E-state index in [1.54, 1.807) is 23.8 Å². The molecule has 0 radical (unpaired) electrons. The van der Waals surface area contributed by atoms with Crippen molar-refractivity contribution in [2.45, 2.75) is 20.4 Å². The maximum absolute atomic E-state index is 12.5. The first kappa shape index (κ1) is 13.3. The van der Waals surface area contributed by atoms with Crippen molar-refractivity contribution in [2.75, 3.05) is 0 Å². The number of hydrogen-bond donors (Lipinski definition) is 0. The fraction of sp³-hybridized carbons (Fsp3) is 0.188. The molecular weight excluding hydrogens is 266 g/mol. The van der Waals surface area contributed by atoms with Crippen molar-refractivity contribution < 1.29 is 4.52 Å². The summed E-state index contributed by atoms with van der Waals surface area (Å²) in [6.45, 7) is 4.27. The molecule has 3 aromatic rings. The summed E-state index contributed by atoms with van der Waals surface area (Å²) in [5.74, 6) is 0.773. The van der Waals surface area contributed by atoms with Gasteiger partial charge >= 0.3 is 0 Å². The zero-order valence-corrected chi connectivity index (χ0v) is 11.9. The van der Waals surface area contributed by atoms with Crippen molar-refractivity contribution >= 4 is 0 Å². The molecule has 5 nitrogen and oxygen atoms in total. The summed E-state index contributed by atoms with van der Waals surface area (Å²) in [4.78, 5) is 16.6. The lowest BCUT2D eigenvalue weighted by atomic mass is 10.1. The van der Waals surface area contributed by atoms with E-state index in [-0.39, 0.29) is 11.4 Å². The lowest BCUT2D eigenvalue weighted by Gasteiger charge is -2.07. The molecule has 5 heteroatoms. The summed E-state index contributed by atoms with van der Waals surface area (Å²) in [6.07, 6.45) is 1.76. The van der Waals surface area contributed by atoms with Crippen molar-refractivity contribution in [3.05, 3.63) is 69.9 Å². The Morgan fingerprint density at radius 3 is 2.76 bits per heavy atom. The normalized spacial score (nSPS) is 10.8. The van der Waals surface area contributed by atoms with Crippen molar-refractivity contribution in [3.8, 4) is 11.5 Å². The fourth-order valence-corrected chi connectivity index (χ4v) is 2.24. The second-order valence-electron chi connectivity index (χ2n) is 4.99. The van der Waals surface area contributed by atoms with E-state index in [1.807, 2.05) is 31.2 Å². The van der Waals surface area contributed by atoms with Crippen LogP contribution in [0.25, 0.3) is 11.5 Å². The molecule has 0 amide bonds. The Morgan fingerprint density at radius 2 is 2.05 bits per heavy atom. The Labute approximate surface area is 121 Å². The molecule has 0 bridgehead atoms. The number of hydrogen-bond acceptors (Lipinski definition) is 4. The zero-order chi connectivity index (χ0) is 14.8. The van der Waals surface area contributed by atoms with E-state index in [4.69, 9.17) is 4.52 Å². The average Bonchev–Trinajstić information content (AvgIpc) is 2.88. The third-order valence-corrected chi connectivity index (χ3v) is 3.21. The molecule has 0 saturated heterocycles. The first-order valence-corrected chi connectivity index (χ1v) is 6.69. The average molecular weight is 281 g/mol. The second kappa shape index (κ2) is 5.36. The first-order valence-electron chi connectivity index (χ1n) is 6.69. The summed E-state index contributed by atoms with van der Waals surface area (Å²) in [5.41, 5.74) is 2.54. The summed E-state index contributed by atoms with van der Waals surface area (Å²) in [7, 11) is 0. The highest BCUT2D eigenvalue weighted by molar-refractivity contribution is 5.50. The number of rotatable bonds is 3. The molecule has 0 N–H and O–H groups in total. The second-order valence-corrected chi connectivity index (χ2v) is 4.99. The van der Waals surface area contributed by atoms with E-state index in [0.29, 0.717) is 17.9 Å². The molecule has 0 atom stereocenters. The minimum absolute atomic E-state index is 0.136. The van der Waals surface area contributed by atoms with Gasteiger partial charge in [-0.25, -0.2) is 0 Å². The molecule has 0 spiro atoms. The number of aromatic nitrogens is 3. The van der Waals surface area contributed by atoms with Gasteiger partial charge in [-0.3, -0.25) is 4.79 Å². The highest BCUT2D eigenvalue weighted by Gasteiger charge is 2.12. The molecule has 3 rings (SSSR count). The maximum Gasteiger partial charge on any atom is 0.263 e. The molecule has 1 aromatic carbocycles. The predicted octanol–water partition coefficient (Wildman–Crippen LogP) is 2.56. The van der Waals surface area contributed by atoms with Crippen LogP contribution in [0.5, 0.6) is 0 Å². The van der Waals surface area contributed by atoms with E-state index >= 15 is 0 Å². The first-order chi connectivity index (χ1) is 10.1. The largest absolute Gasteiger partial charge is 0.334 e. The lowest BCUT2D eigenvalue weighted by Crippen LogP contribution is -2.21. The van der Waals surface area contributed by atoms with E-state index in [1.165, 1.54) is 5.56 Å². The SMILES string of the molecule is Cc1cccc(Cn2cccc(-c3nc(C)no3)c2=O)c1.